The lowest BCUT2D eigenvalue weighted by Gasteiger charge is -2.08. The minimum Gasteiger partial charge on any atom is -0.489 e. The Morgan fingerprint density at radius 1 is 1.28 bits per heavy atom. The molecule has 1 aromatic carbocycles. The summed E-state index contributed by atoms with van der Waals surface area (Å²) in [7, 11) is 0. The van der Waals surface area contributed by atoms with Gasteiger partial charge in [-0.2, -0.15) is 0 Å². The number of carbonyl (C=O) groups is 1. The number of aromatic nitrogens is 3. The van der Waals surface area contributed by atoms with E-state index in [1.54, 1.807) is 12.4 Å². The standard InChI is InChI=1S/C19H20N4O2/c1-19(4-5-19)18(24)22-10-15-6-14-2-3-16(7-17(14)23-15)25-11-13-8-20-12-21-9-13/h2-3,6-9,12,23H,4-5,10-11H2,1H3,(H,22,24). The molecule has 0 radical (unpaired) electrons. The monoisotopic (exact) mass is 336 g/mol. The van der Waals surface area contributed by atoms with Gasteiger partial charge in [-0.1, -0.05) is 6.92 Å². The fraction of sp³-hybridized carbons (Fsp3) is 0.316. The maximum atomic E-state index is 12.0. The second-order valence-electron chi connectivity index (χ2n) is 6.82. The van der Waals surface area contributed by atoms with Gasteiger partial charge in [-0.15, -0.1) is 0 Å². The normalized spacial score (nSPS) is 15.1. The number of nitrogens with zero attached hydrogens (tertiary/aromatic N) is 2. The second-order valence-corrected chi connectivity index (χ2v) is 6.82. The summed E-state index contributed by atoms with van der Waals surface area (Å²) >= 11 is 0. The van der Waals surface area contributed by atoms with Crippen molar-refractivity contribution in [3.8, 4) is 5.75 Å². The molecule has 0 atom stereocenters. The van der Waals surface area contributed by atoms with Gasteiger partial charge in [0.1, 0.15) is 18.7 Å². The molecule has 128 valence electrons. The van der Waals surface area contributed by atoms with Gasteiger partial charge in [-0.3, -0.25) is 4.79 Å². The summed E-state index contributed by atoms with van der Waals surface area (Å²) in [5.41, 5.74) is 2.75. The van der Waals surface area contributed by atoms with Crippen LogP contribution >= 0.6 is 0 Å². The molecule has 1 amide bonds. The largest absolute Gasteiger partial charge is 0.489 e. The lowest BCUT2D eigenvalue weighted by molar-refractivity contribution is -0.125. The van der Waals surface area contributed by atoms with Crippen molar-refractivity contribution < 1.29 is 9.53 Å². The topological polar surface area (TPSA) is 79.9 Å². The molecule has 1 fully saturated rings. The highest BCUT2D eigenvalue weighted by molar-refractivity contribution is 5.85. The number of ether oxygens (including phenoxy) is 1. The van der Waals surface area contributed by atoms with E-state index in [0.717, 1.165) is 40.8 Å². The van der Waals surface area contributed by atoms with E-state index in [-0.39, 0.29) is 11.3 Å². The van der Waals surface area contributed by atoms with Crippen LogP contribution < -0.4 is 10.1 Å². The maximum Gasteiger partial charge on any atom is 0.226 e. The zero-order chi connectivity index (χ0) is 17.3. The van der Waals surface area contributed by atoms with Gasteiger partial charge in [0.2, 0.25) is 5.91 Å². The Morgan fingerprint density at radius 2 is 2.08 bits per heavy atom. The number of nitrogens with one attached hydrogen (secondary N) is 2. The summed E-state index contributed by atoms with van der Waals surface area (Å²) in [6.07, 6.45) is 6.94. The highest BCUT2D eigenvalue weighted by Gasteiger charge is 2.44. The van der Waals surface area contributed by atoms with E-state index >= 15 is 0 Å². The second kappa shape index (κ2) is 6.20. The van der Waals surface area contributed by atoms with Crippen LogP contribution in [0, 0.1) is 5.41 Å². The summed E-state index contributed by atoms with van der Waals surface area (Å²) in [5, 5.41) is 4.10. The molecule has 2 aromatic heterocycles. The fourth-order valence-corrected chi connectivity index (χ4v) is 2.73. The Hall–Kier alpha value is -2.89. The number of aromatic amines is 1. The third-order valence-electron chi connectivity index (χ3n) is 4.66. The molecule has 6 heteroatoms. The van der Waals surface area contributed by atoms with Crippen molar-refractivity contribution in [3.05, 3.63) is 54.2 Å². The molecule has 1 aliphatic carbocycles. The maximum absolute atomic E-state index is 12.0. The summed E-state index contributed by atoms with van der Waals surface area (Å²) in [4.78, 5) is 23.3. The molecule has 2 N–H and O–H groups in total. The lowest BCUT2D eigenvalue weighted by atomic mass is 10.1. The Labute approximate surface area is 145 Å². The molecule has 6 nitrogen and oxygen atoms in total. The predicted molar refractivity (Wildman–Crippen MR) is 93.9 cm³/mol. The first-order valence-corrected chi connectivity index (χ1v) is 8.39. The molecule has 0 aliphatic heterocycles. The van der Waals surface area contributed by atoms with Crippen molar-refractivity contribution in [2.45, 2.75) is 32.9 Å². The van der Waals surface area contributed by atoms with Crippen LogP contribution in [0.1, 0.15) is 31.0 Å². The molecular formula is C19H20N4O2. The molecule has 2 heterocycles. The molecule has 4 rings (SSSR count). The molecular weight excluding hydrogens is 316 g/mol. The van der Waals surface area contributed by atoms with Gasteiger partial charge < -0.3 is 15.0 Å². The van der Waals surface area contributed by atoms with Gasteiger partial charge >= 0.3 is 0 Å². The average Bonchev–Trinajstić information content (AvgIpc) is 3.26. The number of rotatable bonds is 6. The van der Waals surface area contributed by atoms with Crippen LogP contribution in [0.5, 0.6) is 5.75 Å². The number of benzene rings is 1. The van der Waals surface area contributed by atoms with Crippen molar-refractivity contribution in [1.29, 1.82) is 0 Å². The van der Waals surface area contributed by atoms with E-state index in [0.29, 0.717) is 13.2 Å². The smallest absolute Gasteiger partial charge is 0.226 e. The van der Waals surface area contributed by atoms with Crippen LogP contribution in [0.4, 0.5) is 0 Å². The molecule has 1 aliphatic rings. The number of hydrogen-bond donors (Lipinski definition) is 2. The van der Waals surface area contributed by atoms with Gasteiger partial charge in [0.15, 0.2) is 0 Å². The highest BCUT2D eigenvalue weighted by atomic mass is 16.5. The molecule has 0 spiro atoms. The summed E-state index contributed by atoms with van der Waals surface area (Å²) in [6, 6.07) is 7.97. The summed E-state index contributed by atoms with van der Waals surface area (Å²) in [6.45, 7) is 2.95. The predicted octanol–water partition coefficient (Wildman–Crippen LogP) is 2.95. The molecule has 3 aromatic rings. The van der Waals surface area contributed by atoms with Crippen molar-refractivity contribution >= 4 is 16.8 Å². The van der Waals surface area contributed by atoms with Gasteiger partial charge in [0.25, 0.3) is 0 Å². The zero-order valence-electron chi connectivity index (χ0n) is 14.1. The lowest BCUT2D eigenvalue weighted by Crippen LogP contribution is -2.29. The number of fused-ring (bicyclic) bond motifs is 1. The van der Waals surface area contributed by atoms with E-state index in [2.05, 4.69) is 26.3 Å². The van der Waals surface area contributed by atoms with E-state index in [4.69, 9.17) is 4.74 Å². The molecule has 0 bridgehead atoms. The van der Waals surface area contributed by atoms with Crippen LogP contribution in [-0.4, -0.2) is 20.9 Å². The van der Waals surface area contributed by atoms with Gasteiger partial charge in [-0.05, 0) is 36.4 Å². The quantitative estimate of drug-likeness (QED) is 0.725. The summed E-state index contributed by atoms with van der Waals surface area (Å²) in [5.74, 6) is 0.916. The number of amides is 1. The van der Waals surface area contributed by atoms with Crippen LogP contribution in [0.2, 0.25) is 0 Å². The van der Waals surface area contributed by atoms with Gasteiger partial charge in [-0.25, -0.2) is 9.97 Å². The highest BCUT2D eigenvalue weighted by Crippen LogP contribution is 2.45. The fourth-order valence-electron chi connectivity index (χ4n) is 2.73. The van der Waals surface area contributed by atoms with Crippen molar-refractivity contribution in [1.82, 2.24) is 20.3 Å². The third-order valence-corrected chi connectivity index (χ3v) is 4.66. The minimum absolute atomic E-state index is 0.139. The van der Waals surface area contributed by atoms with Crippen molar-refractivity contribution in [3.63, 3.8) is 0 Å². The van der Waals surface area contributed by atoms with E-state index < -0.39 is 0 Å². The van der Waals surface area contributed by atoms with Crippen LogP contribution in [0.25, 0.3) is 10.9 Å². The zero-order valence-corrected chi connectivity index (χ0v) is 14.1. The SMILES string of the molecule is CC1(C(=O)NCc2cc3ccc(OCc4cncnc4)cc3[nH]2)CC1. The Bertz CT molecular complexity index is 900. The summed E-state index contributed by atoms with van der Waals surface area (Å²) < 4.78 is 5.79. The Balaban J connectivity index is 1.41. The van der Waals surface area contributed by atoms with E-state index in [1.165, 1.54) is 6.33 Å². The van der Waals surface area contributed by atoms with E-state index in [9.17, 15) is 4.79 Å². The number of H-pyrrole nitrogens is 1. The van der Waals surface area contributed by atoms with E-state index in [1.807, 2.05) is 25.1 Å². The Morgan fingerprint density at radius 3 is 2.84 bits per heavy atom. The van der Waals surface area contributed by atoms with Crippen LogP contribution in [0.15, 0.2) is 43.0 Å². The van der Waals surface area contributed by atoms with Crippen molar-refractivity contribution in [2.24, 2.45) is 5.41 Å². The first kappa shape index (κ1) is 15.6. The van der Waals surface area contributed by atoms with Gasteiger partial charge in [0.05, 0.1) is 6.54 Å². The van der Waals surface area contributed by atoms with Crippen LogP contribution in [-0.2, 0) is 17.9 Å². The van der Waals surface area contributed by atoms with Crippen molar-refractivity contribution in [2.75, 3.05) is 0 Å². The molecule has 25 heavy (non-hydrogen) atoms. The number of hydrogen-bond acceptors (Lipinski definition) is 4. The Kier molecular flexibility index (Phi) is 3.87. The minimum atomic E-state index is -0.145. The van der Waals surface area contributed by atoms with Crippen LogP contribution in [0.3, 0.4) is 0 Å². The van der Waals surface area contributed by atoms with Gasteiger partial charge in [0, 0.05) is 40.6 Å². The number of carbonyl (C=O) groups excluding carboxylic acids is 1. The molecule has 0 saturated heterocycles. The first-order chi connectivity index (χ1) is 12.1. The molecule has 1 saturated carbocycles. The third kappa shape index (κ3) is 3.47. The molecule has 0 unspecified atom stereocenters. The first-order valence-electron chi connectivity index (χ1n) is 8.39. The average molecular weight is 336 g/mol.